The van der Waals surface area contributed by atoms with Gasteiger partial charge in [-0.3, -0.25) is 14.5 Å². The molecule has 0 radical (unpaired) electrons. The molecule has 0 aliphatic carbocycles. The van der Waals surface area contributed by atoms with Gasteiger partial charge in [0.2, 0.25) is 0 Å². The van der Waals surface area contributed by atoms with Crippen molar-refractivity contribution < 1.29 is 68.3 Å². The van der Waals surface area contributed by atoms with E-state index in [9.17, 15) is 35.1 Å². The summed E-state index contributed by atoms with van der Waals surface area (Å²) in [6.07, 6.45) is -7.49. The fourth-order valence-electron chi connectivity index (χ4n) is 11.7. The van der Waals surface area contributed by atoms with E-state index < -0.39 is 102 Å². The van der Waals surface area contributed by atoms with Crippen molar-refractivity contribution in [2.75, 3.05) is 47.9 Å². The van der Waals surface area contributed by atoms with E-state index >= 15 is 0 Å². The molecule has 4 aliphatic heterocycles. The van der Waals surface area contributed by atoms with Gasteiger partial charge in [0.05, 0.1) is 60.3 Å². The molecule has 17 nitrogen and oxygen atoms in total. The minimum absolute atomic E-state index is 0.0303. The van der Waals surface area contributed by atoms with E-state index in [4.69, 9.17) is 33.2 Å². The molecule has 4 heterocycles. The minimum atomic E-state index is -1.84. The number of rotatable bonds is 15. The Balaban J connectivity index is 1.39. The fourth-order valence-corrected chi connectivity index (χ4v) is 11.7. The summed E-state index contributed by atoms with van der Waals surface area (Å²) in [7, 11) is 7.24. The van der Waals surface area contributed by atoms with E-state index in [0.29, 0.717) is 51.9 Å². The highest BCUT2D eigenvalue weighted by atomic mass is 16.7. The van der Waals surface area contributed by atoms with Crippen molar-refractivity contribution >= 4 is 11.8 Å². The van der Waals surface area contributed by atoms with Gasteiger partial charge in [0, 0.05) is 51.0 Å². The smallest absolute Gasteiger partial charge is 0.311 e. The molecule has 0 amide bonds. The number of carbonyl (C=O) groups excluding carboxylic acids is 2. The zero-order chi connectivity index (χ0) is 52.0. The summed E-state index contributed by atoms with van der Waals surface area (Å²) < 4.78 is 44.5. The van der Waals surface area contributed by atoms with Crippen LogP contribution >= 0.6 is 0 Å². The van der Waals surface area contributed by atoms with Gasteiger partial charge in [-0.1, -0.05) is 51.1 Å². The molecular weight excluding hydrogens is 903 g/mol. The number of likely N-dealkylation sites (N-methyl/N-ethyl adjacent to an activating group) is 3. The van der Waals surface area contributed by atoms with Crippen molar-refractivity contribution in [1.29, 1.82) is 0 Å². The van der Waals surface area contributed by atoms with Gasteiger partial charge in [0.15, 0.2) is 12.6 Å². The van der Waals surface area contributed by atoms with Crippen LogP contribution in [0.3, 0.4) is 0 Å². The number of Topliss-reactive ketones (excluding diaryl/α,β-unsaturated/α-hetero) is 1. The quantitative estimate of drug-likeness (QED) is 0.158. The van der Waals surface area contributed by atoms with Crippen LogP contribution in [-0.4, -0.2) is 202 Å². The molecule has 4 saturated heterocycles. The number of carbonyl (C=O) groups is 2. The first-order valence-electron chi connectivity index (χ1n) is 25.9. The molecule has 4 aliphatic rings. The third-order valence-corrected chi connectivity index (χ3v) is 16.3. The van der Waals surface area contributed by atoms with Gasteiger partial charge in [-0.25, -0.2) is 0 Å². The molecule has 1 aromatic rings. The number of nitrogens with zero attached hydrogens (tertiary/aromatic N) is 3. The van der Waals surface area contributed by atoms with Crippen LogP contribution in [0.4, 0.5) is 0 Å². The van der Waals surface area contributed by atoms with Crippen LogP contribution in [0.25, 0.3) is 0 Å². The molecule has 0 unspecified atom stereocenters. The van der Waals surface area contributed by atoms with Crippen LogP contribution in [0.15, 0.2) is 30.3 Å². The first-order chi connectivity index (χ1) is 32.7. The van der Waals surface area contributed by atoms with E-state index in [1.54, 1.807) is 41.5 Å². The molecule has 0 saturated carbocycles. The molecule has 0 spiro atoms. The van der Waals surface area contributed by atoms with E-state index in [1.165, 1.54) is 14.0 Å². The number of likely N-dealkylation sites (tertiary alicyclic amines) is 1. The average molecular weight is 994 g/mol. The largest absolute Gasteiger partial charge is 0.459 e. The lowest BCUT2D eigenvalue weighted by Gasteiger charge is -2.49. The Bertz CT molecular complexity index is 1790. The standard InChI is InChI=1S/C53H91N3O14/c1-15-42-53(10,63)46(59)35(6)55(12)28-31(2)26-51(8,62)48(33(4)45(34(5)49(61)68-42)69-43-27-52(9,64-14)47(60)36(7)67-43)70-50-44(58)40(24-32(3)66-50)54(11)23-19-22-41(57)39-25-38(29-56(39)13)65-30-37-20-17-16-18-21-37/h16-18,20-21,31-36,38-40,42-48,50,58-60,62-63H,15,19,22-30H2,1-14H3/t31-,32-,33+,34-,35-,36+,38-,39+,40+,42-,43+,44-,45+,46-,47+,48-,50+,51-,52-,53-/m1/s1. The summed E-state index contributed by atoms with van der Waals surface area (Å²) in [6, 6.07) is 8.80. The van der Waals surface area contributed by atoms with Gasteiger partial charge < -0.3 is 68.5 Å². The molecule has 0 aromatic heterocycles. The number of ketones is 1. The average Bonchev–Trinajstić information content (AvgIpc) is 3.69. The van der Waals surface area contributed by atoms with Crippen molar-refractivity contribution in [2.24, 2.45) is 17.8 Å². The summed E-state index contributed by atoms with van der Waals surface area (Å²) in [5.41, 5.74) is -3.43. The molecule has 17 heteroatoms. The van der Waals surface area contributed by atoms with E-state index in [0.717, 1.165) is 5.56 Å². The summed E-state index contributed by atoms with van der Waals surface area (Å²) in [6.45, 7) is 19.7. The Morgan fingerprint density at radius 3 is 2.21 bits per heavy atom. The molecule has 5 N–H and O–H groups in total. The highest BCUT2D eigenvalue weighted by molar-refractivity contribution is 5.84. The predicted molar refractivity (Wildman–Crippen MR) is 263 cm³/mol. The lowest BCUT2D eigenvalue weighted by molar-refractivity contribution is -0.318. The first kappa shape index (κ1) is 58.7. The van der Waals surface area contributed by atoms with Gasteiger partial charge in [0.25, 0.3) is 0 Å². The van der Waals surface area contributed by atoms with E-state index in [1.807, 2.05) is 77.1 Å². The second-order valence-electron chi connectivity index (χ2n) is 22.4. The predicted octanol–water partition coefficient (Wildman–Crippen LogP) is 3.91. The highest BCUT2D eigenvalue weighted by Crippen LogP contribution is 2.40. The van der Waals surface area contributed by atoms with Crippen LogP contribution in [0.5, 0.6) is 0 Å². The zero-order valence-corrected chi connectivity index (χ0v) is 44.7. The number of cyclic esters (lactones) is 1. The van der Waals surface area contributed by atoms with Crippen molar-refractivity contribution in [3.05, 3.63) is 35.9 Å². The van der Waals surface area contributed by atoms with Crippen LogP contribution in [0.1, 0.15) is 120 Å². The molecule has 5 rings (SSSR count). The maximum absolute atomic E-state index is 14.5. The molecule has 70 heavy (non-hydrogen) atoms. The Morgan fingerprint density at radius 1 is 0.900 bits per heavy atom. The van der Waals surface area contributed by atoms with Crippen LogP contribution in [0, 0.1) is 17.8 Å². The Morgan fingerprint density at radius 2 is 1.57 bits per heavy atom. The molecule has 0 bridgehead atoms. The monoisotopic (exact) mass is 994 g/mol. The number of esters is 1. The molecule has 402 valence electrons. The third-order valence-electron chi connectivity index (χ3n) is 16.3. The van der Waals surface area contributed by atoms with Crippen molar-refractivity contribution in [1.82, 2.24) is 14.7 Å². The summed E-state index contributed by atoms with van der Waals surface area (Å²) in [4.78, 5) is 34.1. The van der Waals surface area contributed by atoms with Gasteiger partial charge in [-0.2, -0.15) is 0 Å². The lowest BCUT2D eigenvalue weighted by atomic mass is 9.77. The van der Waals surface area contributed by atoms with Crippen molar-refractivity contribution in [3.63, 3.8) is 0 Å². The van der Waals surface area contributed by atoms with Crippen LogP contribution < -0.4 is 0 Å². The second kappa shape index (κ2) is 24.9. The summed E-state index contributed by atoms with van der Waals surface area (Å²) >= 11 is 0. The zero-order valence-electron chi connectivity index (χ0n) is 44.7. The Kier molecular flexibility index (Phi) is 20.9. The second-order valence-corrected chi connectivity index (χ2v) is 22.4. The molecule has 4 fully saturated rings. The number of hydrogen-bond donors (Lipinski definition) is 5. The number of benzene rings is 1. The lowest BCUT2D eigenvalue weighted by Crippen LogP contribution is -2.60. The maximum atomic E-state index is 14.5. The Labute approximate surface area is 418 Å². The maximum Gasteiger partial charge on any atom is 0.311 e. The normalized spacial score (nSPS) is 43.4. The SMILES string of the molecule is CC[C@H]1OC(=O)[C@H](C)[C@@H](O[C@H]2C[C@@](C)(OC)[C@@H](O)[C@H](C)O2)[C@H](C)[C@@H](O[C@@H]2O[C@H](C)C[C@H](N(C)CCCC(=O)[C@@H]3C[C@@H](OCc4ccccc4)CN3C)[C@H]2O)[C@](C)(O)C[C@@H](C)CN(C)[C@H](C)[C@@H](O)[C@]1(C)O. The number of aliphatic hydroxyl groups excluding tert-OH is 3. The molecular formula is C53H91N3O14. The number of methoxy groups -OCH3 is 1. The Hall–Kier alpha value is -2.20. The number of aliphatic hydroxyl groups is 5. The number of hydrogen-bond acceptors (Lipinski definition) is 17. The number of ether oxygens (including phenoxy) is 7. The minimum Gasteiger partial charge on any atom is -0.459 e. The van der Waals surface area contributed by atoms with Crippen LogP contribution in [-0.2, 0) is 49.4 Å². The van der Waals surface area contributed by atoms with Gasteiger partial charge in [-0.15, -0.1) is 0 Å². The summed E-state index contributed by atoms with van der Waals surface area (Å²) in [5.74, 6) is -2.62. The third kappa shape index (κ3) is 14.1. The van der Waals surface area contributed by atoms with Crippen LogP contribution in [0.2, 0.25) is 0 Å². The van der Waals surface area contributed by atoms with Gasteiger partial charge in [-0.05, 0) is 120 Å². The van der Waals surface area contributed by atoms with E-state index in [2.05, 4.69) is 9.80 Å². The molecule has 1 aromatic carbocycles. The van der Waals surface area contributed by atoms with Gasteiger partial charge in [0.1, 0.15) is 35.8 Å². The highest BCUT2D eigenvalue weighted by Gasteiger charge is 2.53. The topological polar surface area (TPSA) is 210 Å². The van der Waals surface area contributed by atoms with Crippen molar-refractivity contribution in [3.8, 4) is 0 Å². The first-order valence-corrected chi connectivity index (χ1v) is 25.9. The molecule has 20 atom stereocenters. The summed E-state index contributed by atoms with van der Waals surface area (Å²) in [5, 5.41) is 59.6. The van der Waals surface area contributed by atoms with Crippen molar-refractivity contribution in [2.45, 2.75) is 223 Å². The fraction of sp³-hybridized carbons (Fsp3) is 0.849. The van der Waals surface area contributed by atoms with Gasteiger partial charge >= 0.3 is 5.97 Å². The van der Waals surface area contributed by atoms with E-state index in [-0.39, 0.29) is 49.2 Å².